The van der Waals surface area contributed by atoms with E-state index in [4.69, 9.17) is 0 Å². The molecule has 0 aliphatic carbocycles. The molecular weight excluding hydrogens is 387 g/mol. The number of para-hydroxylation sites is 1. The lowest BCUT2D eigenvalue weighted by molar-refractivity contribution is -0.274. The van der Waals surface area contributed by atoms with Crippen molar-refractivity contribution in [2.75, 3.05) is 11.9 Å². The van der Waals surface area contributed by atoms with Gasteiger partial charge in [-0.1, -0.05) is 24.3 Å². The minimum absolute atomic E-state index is 0.0683. The normalized spacial score (nSPS) is 13.0. The molecule has 2 aromatic heterocycles. The van der Waals surface area contributed by atoms with E-state index in [2.05, 4.69) is 25.1 Å². The average Bonchev–Trinajstić information content (AvgIpc) is 3.07. The molecule has 10 heteroatoms. The minimum Gasteiger partial charge on any atom is -0.406 e. The number of aromatic nitrogens is 4. The number of rotatable bonds is 5. The molecular formula is C19H16F3N5O2. The molecule has 29 heavy (non-hydrogen) atoms. The third-order valence-corrected chi connectivity index (χ3v) is 4.24. The first-order chi connectivity index (χ1) is 13.8. The quantitative estimate of drug-likeness (QED) is 0.529. The number of alkyl halides is 3. The zero-order valence-electron chi connectivity index (χ0n) is 15.2. The van der Waals surface area contributed by atoms with E-state index in [1.165, 1.54) is 12.1 Å². The van der Waals surface area contributed by atoms with Gasteiger partial charge < -0.3 is 15.2 Å². The summed E-state index contributed by atoms with van der Waals surface area (Å²) < 4.78 is 42.1. The number of aryl methyl sites for hydroxylation is 1. The largest absolute Gasteiger partial charge is 0.573 e. The highest BCUT2D eigenvalue weighted by Crippen LogP contribution is 2.25. The molecule has 1 unspecified atom stereocenters. The molecule has 1 atom stereocenters. The summed E-state index contributed by atoms with van der Waals surface area (Å²) in [6.07, 6.45) is -5.74. The van der Waals surface area contributed by atoms with Crippen LogP contribution in [0.5, 0.6) is 5.75 Å². The van der Waals surface area contributed by atoms with Crippen molar-refractivity contribution in [1.82, 2.24) is 19.6 Å². The fourth-order valence-corrected chi connectivity index (χ4v) is 2.97. The molecule has 7 nitrogen and oxygen atoms in total. The summed E-state index contributed by atoms with van der Waals surface area (Å²) in [6, 6.07) is 12.5. The molecule has 0 saturated heterocycles. The van der Waals surface area contributed by atoms with Gasteiger partial charge in [-0.2, -0.15) is 4.52 Å². The van der Waals surface area contributed by atoms with Gasteiger partial charge in [0.05, 0.1) is 11.6 Å². The van der Waals surface area contributed by atoms with Crippen LogP contribution in [0.15, 0.2) is 48.5 Å². The van der Waals surface area contributed by atoms with Crippen molar-refractivity contribution in [3.63, 3.8) is 0 Å². The lowest BCUT2D eigenvalue weighted by Crippen LogP contribution is -2.17. The van der Waals surface area contributed by atoms with E-state index in [1.807, 2.05) is 24.3 Å². The van der Waals surface area contributed by atoms with Gasteiger partial charge in [-0.25, -0.2) is 9.97 Å². The maximum Gasteiger partial charge on any atom is 0.573 e. The highest BCUT2D eigenvalue weighted by Gasteiger charge is 2.31. The van der Waals surface area contributed by atoms with Crippen molar-refractivity contribution in [1.29, 1.82) is 0 Å². The van der Waals surface area contributed by atoms with Gasteiger partial charge in [-0.05, 0) is 36.8 Å². The highest BCUT2D eigenvalue weighted by atomic mass is 19.4. The lowest BCUT2D eigenvalue weighted by atomic mass is 10.1. The lowest BCUT2D eigenvalue weighted by Gasteiger charge is -2.15. The van der Waals surface area contributed by atoms with Crippen LogP contribution in [0.4, 0.5) is 19.1 Å². The summed E-state index contributed by atoms with van der Waals surface area (Å²) in [4.78, 5) is 8.96. The third-order valence-electron chi connectivity index (χ3n) is 4.24. The zero-order chi connectivity index (χ0) is 20.6. The predicted octanol–water partition coefficient (Wildman–Crippen LogP) is 3.63. The summed E-state index contributed by atoms with van der Waals surface area (Å²) in [7, 11) is 0. The number of ether oxygens (including phenoxy) is 1. The Morgan fingerprint density at radius 2 is 1.83 bits per heavy atom. The van der Waals surface area contributed by atoms with Crippen molar-refractivity contribution in [3.05, 3.63) is 59.9 Å². The highest BCUT2D eigenvalue weighted by molar-refractivity contribution is 5.92. The van der Waals surface area contributed by atoms with Crippen molar-refractivity contribution >= 4 is 22.5 Å². The van der Waals surface area contributed by atoms with Gasteiger partial charge >= 0.3 is 6.36 Å². The van der Waals surface area contributed by atoms with Crippen LogP contribution in [0.1, 0.15) is 17.5 Å². The number of aliphatic hydroxyl groups excluding tert-OH is 1. The van der Waals surface area contributed by atoms with Crippen molar-refractivity contribution in [3.8, 4) is 5.75 Å². The monoisotopic (exact) mass is 403 g/mol. The van der Waals surface area contributed by atoms with E-state index in [0.717, 1.165) is 23.0 Å². The summed E-state index contributed by atoms with van der Waals surface area (Å²) in [5, 5.41) is 18.6. The first kappa shape index (κ1) is 18.9. The van der Waals surface area contributed by atoms with Crippen LogP contribution in [-0.4, -0.2) is 37.6 Å². The molecule has 0 amide bonds. The maximum atomic E-state index is 12.2. The van der Waals surface area contributed by atoms with E-state index in [-0.39, 0.29) is 12.3 Å². The Morgan fingerprint density at radius 3 is 2.55 bits per heavy atom. The molecule has 2 N–H and O–H groups in total. The standard InChI is InChI=1S/C19H16F3N5O2/c1-11-24-17-14-4-2-3-5-15(14)25-18(27(17)26-11)23-10-16(28)12-6-8-13(9-7-12)29-19(20,21)22/h2-9,16,28H,10H2,1H3,(H,23,25). The molecule has 0 spiro atoms. The maximum absolute atomic E-state index is 12.2. The second-order valence-corrected chi connectivity index (χ2v) is 6.36. The Balaban J connectivity index is 1.54. The number of hydrogen-bond donors (Lipinski definition) is 2. The molecule has 2 heterocycles. The van der Waals surface area contributed by atoms with Gasteiger partial charge in [0.1, 0.15) is 11.6 Å². The number of halogens is 3. The van der Waals surface area contributed by atoms with Crippen LogP contribution >= 0.6 is 0 Å². The first-order valence-electron chi connectivity index (χ1n) is 8.70. The van der Waals surface area contributed by atoms with Crippen LogP contribution in [-0.2, 0) is 0 Å². The zero-order valence-corrected chi connectivity index (χ0v) is 15.2. The third kappa shape index (κ3) is 4.06. The molecule has 0 aliphatic rings. The van der Waals surface area contributed by atoms with Gasteiger partial charge in [0.15, 0.2) is 5.65 Å². The summed E-state index contributed by atoms with van der Waals surface area (Å²) in [5.41, 5.74) is 1.79. The molecule has 0 aliphatic heterocycles. The molecule has 0 radical (unpaired) electrons. The predicted molar refractivity (Wildman–Crippen MR) is 99.6 cm³/mol. The van der Waals surface area contributed by atoms with Gasteiger partial charge in [-0.15, -0.1) is 18.3 Å². The van der Waals surface area contributed by atoms with E-state index in [9.17, 15) is 18.3 Å². The van der Waals surface area contributed by atoms with E-state index in [0.29, 0.717) is 23.0 Å². The number of nitrogens with zero attached hydrogens (tertiary/aromatic N) is 4. The number of anilines is 1. The van der Waals surface area contributed by atoms with Crippen LogP contribution in [0, 0.1) is 6.92 Å². The Hall–Kier alpha value is -3.40. The van der Waals surface area contributed by atoms with Crippen molar-refractivity contribution in [2.24, 2.45) is 0 Å². The fourth-order valence-electron chi connectivity index (χ4n) is 2.97. The van der Waals surface area contributed by atoms with Gasteiger partial charge in [0.25, 0.3) is 0 Å². The molecule has 0 fully saturated rings. The Labute approximate surface area is 162 Å². The smallest absolute Gasteiger partial charge is 0.406 e. The topological polar surface area (TPSA) is 84.6 Å². The SMILES string of the molecule is Cc1nc2c3ccccc3nc(NCC(O)c3ccc(OC(F)(F)F)cc3)n2n1. The van der Waals surface area contributed by atoms with E-state index < -0.39 is 12.5 Å². The number of nitrogens with one attached hydrogen (secondary N) is 1. The van der Waals surface area contributed by atoms with Crippen molar-refractivity contribution in [2.45, 2.75) is 19.4 Å². The van der Waals surface area contributed by atoms with Gasteiger partial charge in [-0.3, -0.25) is 0 Å². The average molecular weight is 403 g/mol. The summed E-state index contributed by atoms with van der Waals surface area (Å²) in [5.74, 6) is 0.625. The molecule has 0 bridgehead atoms. The van der Waals surface area contributed by atoms with Gasteiger partial charge in [0.2, 0.25) is 5.95 Å². The number of benzene rings is 2. The van der Waals surface area contributed by atoms with Crippen LogP contribution in [0.25, 0.3) is 16.6 Å². The second-order valence-electron chi connectivity index (χ2n) is 6.36. The van der Waals surface area contributed by atoms with Crippen LogP contribution < -0.4 is 10.1 Å². The summed E-state index contributed by atoms with van der Waals surface area (Å²) in [6.45, 7) is 1.84. The van der Waals surface area contributed by atoms with E-state index >= 15 is 0 Å². The minimum atomic E-state index is -4.76. The Bertz CT molecular complexity index is 1160. The molecule has 4 aromatic rings. The molecule has 2 aromatic carbocycles. The number of fused-ring (bicyclic) bond motifs is 3. The molecule has 0 saturated carbocycles. The second kappa shape index (κ2) is 7.21. The Morgan fingerprint density at radius 1 is 1.10 bits per heavy atom. The van der Waals surface area contributed by atoms with E-state index in [1.54, 1.807) is 11.4 Å². The molecule has 150 valence electrons. The fraction of sp³-hybridized carbons (Fsp3) is 0.211. The van der Waals surface area contributed by atoms with Gasteiger partial charge in [0, 0.05) is 11.9 Å². The Kier molecular flexibility index (Phi) is 4.71. The van der Waals surface area contributed by atoms with Crippen LogP contribution in [0.2, 0.25) is 0 Å². The number of hydrogen-bond acceptors (Lipinski definition) is 6. The number of aliphatic hydroxyl groups is 1. The molecule has 4 rings (SSSR count). The summed E-state index contributed by atoms with van der Waals surface area (Å²) >= 11 is 0. The van der Waals surface area contributed by atoms with Crippen LogP contribution in [0.3, 0.4) is 0 Å². The van der Waals surface area contributed by atoms with Crippen molar-refractivity contribution < 1.29 is 23.0 Å². The first-order valence-corrected chi connectivity index (χ1v) is 8.70.